The van der Waals surface area contributed by atoms with Gasteiger partial charge in [-0.25, -0.2) is 0 Å². The SMILES string of the molecule is CC1(C)COC2(CC[C@H](C=CC(O)C3CCCCC3)[C@H]2CCC2SCCS2)OC1. The molecule has 0 amide bonds. The highest BCUT2D eigenvalue weighted by molar-refractivity contribution is 8.20. The summed E-state index contributed by atoms with van der Waals surface area (Å²) >= 11 is 4.24. The van der Waals surface area contributed by atoms with E-state index in [0.717, 1.165) is 30.6 Å². The normalized spacial score (nSPS) is 34.3. The Balaban J connectivity index is 1.42. The molecule has 2 heterocycles. The molecular weight excluding hydrogens is 400 g/mol. The van der Waals surface area contributed by atoms with Crippen molar-refractivity contribution < 1.29 is 14.6 Å². The zero-order chi connectivity index (χ0) is 20.3. The number of allylic oxidation sites excluding steroid dienone is 1. The van der Waals surface area contributed by atoms with E-state index in [2.05, 4.69) is 49.5 Å². The average molecular weight is 441 g/mol. The quantitative estimate of drug-likeness (QED) is 0.523. The first-order valence-corrected chi connectivity index (χ1v) is 13.9. The second-order valence-corrected chi connectivity index (χ2v) is 13.3. The number of hydrogen-bond donors (Lipinski definition) is 1. The van der Waals surface area contributed by atoms with Crippen LogP contribution in [0.5, 0.6) is 0 Å². The summed E-state index contributed by atoms with van der Waals surface area (Å²) < 4.78 is 13.7. The number of ether oxygens (including phenoxy) is 2. The standard InChI is InChI=1S/C24H40O3S2/c1-23(2)16-26-24(27-17-23)13-12-18(20(24)9-11-22-28-14-15-29-22)8-10-21(25)19-6-4-3-5-7-19/h8,10,18-22,25H,3-7,9,11-17H2,1-2H3/t18-,20+,21?/m0/s1. The van der Waals surface area contributed by atoms with Gasteiger partial charge in [0.2, 0.25) is 0 Å². The molecule has 2 saturated carbocycles. The molecular formula is C24H40O3S2. The van der Waals surface area contributed by atoms with Crippen molar-refractivity contribution in [3.8, 4) is 0 Å². The number of aliphatic hydroxyl groups is 1. The fourth-order valence-corrected chi connectivity index (χ4v) is 8.46. The Labute approximate surface area is 186 Å². The lowest BCUT2D eigenvalue weighted by Gasteiger charge is -2.45. The topological polar surface area (TPSA) is 38.7 Å². The van der Waals surface area contributed by atoms with Crippen molar-refractivity contribution in [3.05, 3.63) is 12.2 Å². The zero-order valence-corrected chi connectivity index (χ0v) is 19.9. The molecule has 3 nitrogen and oxygen atoms in total. The molecule has 2 aliphatic carbocycles. The van der Waals surface area contributed by atoms with Crippen molar-refractivity contribution >= 4 is 23.5 Å². The summed E-state index contributed by atoms with van der Waals surface area (Å²) in [6.45, 7) is 6.04. The van der Waals surface area contributed by atoms with Crippen LogP contribution in [0.15, 0.2) is 12.2 Å². The molecule has 2 saturated heterocycles. The predicted octanol–water partition coefficient (Wildman–Crippen LogP) is 5.87. The van der Waals surface area contributed by atoms with Crippen LogP contribution >= 0.6 is 23.5 Å². The van der Waals surface area contributed by atoms with Crippen molar-refractivity contribution in [2.45, 2.75) is 88.1 Å². The minimum atomic E-state index is -0.395. The highest BCUT2D eigenvalue weighted by Gasteiger charge is 2.52. The fraction of sp³-hybridized carbons (Fsp3) is 0.917. The van der Waals surface area contributed by atoms with Crippen LogP contribution < -0.4 is 0 Å². The second kappa shape index (κ2) is 9.85. The number of hydrogen-bond acceptors (Lipinski definition) is 5. The van der Waals surface area contributed by atoms with Gasteiger partial charge in [-0.15, -0.1) is 23.5 Å². The summed E-state index contributed by atoms with van der Waals surface area (Å²) in [4.78, 5) is 0. The lowest BCUT2D eigenvalue weighted by atomic mass is 9.83. The third kappa shape index (κ3) is 5.58. The van der Waals surface area contributed by atoms with E-state index in [-0.39, 0.29) is 11.5 Å². The van der Waals surface area contributed by atoms with Crippen LogP contribution in [0.3, 0.4) is 0 Å². The van der Waals surface area contributed by atoms with Gasteiger partial charge in [0.1, 0.15) is 0 Å². The van der Waals surface area contributed by atoms with Gasteiger partial charge in [-0.3, -0.25) is 0 Å². The van der Waals surface area contributed by atoms with Gasteiger partial charge in [0.25, 0.3) is 0 Å². The van der Waals surface area contributed by atoms with E-state index >= 15 is 0 Å². The molecule has 0 aromatic rings. The Bertz CT molecular complexity index is 542. The molecule has 1 unspecified atom stereocenters. The number of thioether (sulfide) groups is 2. The first-order chi connectivity index (χ1) is 14.0. The van der Waals surface area contributed by atoms with Gasteiger partial charge in [-0.2, -0.15) is 0 Å². The molecule has 4 fully saturated rings. The molecule has 4 rings (SSSR count). The molecule has 2 aliphatic heterocycles. The fourth-order valence-electron chi connectivity index (χ4n) is 5.60. The monoisotopic (exact) mass is 440 g/mol. The third-order valence-corrected chi connectivity index (χ3v) is 10.6. The lowest BCUT2D eigenvalue weighted by molar-refractivity contribution is -0.316. The van der Waals surface area contributed by atoms with Crippen molar-refractivity contribution in [3.63, 3.8) is 0 Å². The van der Waals surface area contributed by atoms with E-state index in [0.29, 0.717) is 17.8 Å². The lowest BCUT2D eigenvalue weighted by Crippen LogP contribution is -2.50. The summed E-state index contributed by atoms with van der Waals surface area (Å²) in [6, 6.07) is 0. The van der Waals surface area contributed by atoms with E-state index in [1.165, 1.54) is 56.5 Å². The predicted molar refractivity (Wildman–Crippen MR) is 124 cm³/mol. The molecule has 5 heteroatoms. The molecule has 1 N–H and O–H groups in total. The van der Waals surface area contributed by atoms with E-state index in [4.69, 9.17) is 9.47 Å². The summed E-state index contributed by atoms with van der Waals surface area (Å²) in [5.74, 6) is 3.53. The van der Waals surface area contributed by atoms with Crippen molar-refractivity contribution in [1.29, 1.82) is 0 Å². The Morgan fingerprint density at radius 3 is 2.38 bits per heavy atom. The molecule has 29 heavy (non-hydrogen) atoms. The molecule has 4 aliphatic rings. The minimum absolute atomic E-state index is 0.109. The van der Waals surface area contributed by atoms with Crippen LogP contribution in [-0.4, -0.2) is 46.3 Å². The summed E-state index contributed by atoms with van der Waals surface area (Å²) in [5, 5.41) is 10.7. The highest BCUT2D eigenvalue weighted by Crippen LogP contribution is 2.51. The molecule has 0 aromatic carbocycles. The minimum Gasteiger partial charge on any atom is -0.389 e. The van der Waals surface area contributed by atoms with E-state index < -0.39 is 5.79 Å². The first kappa shape index (κ1) is 22.5. The molecule has 0 aromatic heterocycles. The molecule has 1 spiro atoms. The van der Waals surface area contributed by atoms with Gasteiger partial charge >= 0.3 is 0 Å². The van der Waals surface area contributed by atoms with E-state index in [9.17, 15) is 5.11 Å². The highest BCUT2D eigenvalue weighted by atomic mass is 32.2. The Morgan fingerprint density at radius 1 is 1.00 bits per heavy atom. The van der Waals surface area contributed by atoms with Crippen LogP contribution in [0, 0.1) is 23.2 Å². The van der Waals surface area contributed by atoms with E-state index in [1.807, 2.05) is 0 Å². The Kier molecular flexibility index (Phi) is 7.65. The Hall–Kier alpha value is 0.320. The first-order valence-electron chi connectivity index (χ1n) is 11.8. The Morgan fingerprint density at radius 2 is 1.69 bits per heavy atom. The van der Waals surface area contributed by atoms with Gasteiger partial charge in [0, 0.05) is 29.3 Å². The van der Waals surface area contributed by atoms with Crippen LogP contribution in [0.4, 0.5) is 0 Å². The maximum absolute atomic E-state index is 10.7. The average Bonchev–Trinajstić information content (AvgIpc) is 3.36. The second-order valence-electron chi connectivity index (χ2n) is 10.4. The maximum Gasteiger partial charge on any atom is 0.171 e. The van der Waals surface area contributed by atoms with Crippen LogP contribution in [0.25, 0.3) is 0 Å². The number of rotatable bonds is 6. The number of aliphatic hydroxyl groups excluding tert-OH is 1. The van der Waals surface area contributed by atoms with Crippen molar-refractivity contribution in [1.82, 2.24) is 0 Å². The van der Waals surface area contributed by atoms with Gasteiger partial charge in [0.05, 0.1) is 23.9 Å². The van der Waals surface area contributed by atoms with Crippen LogP contribution in [-0.2, 0) is 9.47 Å². The van der Waals surface area contributed by atoms with Gasteiger partial charge in [-0.1, -0.05) is 45.3 Å². The van der Waals surface area contributed by atoms with E-state index in [1.54, 1.807) is 0 Å². The summed E-state index contributed by atoms with van der Waals surface area (Å²) in [6.07, 6.45) is 14.9. The third-order valence-electron chi connectivity index (χ3n) is 7.41. The molecule has 0 radical (unpaired) electrons. The van der Waals surface area contributed by atoms with Gasteiger partial charge in [-0.05, 0) is 43.9 Å². The smallest absolute Gasteiger partial charge is 0.171 e. The van der Waals surface area contributed by atoms with Crippen LogP contribution in [0.1, 0.15) is 71.6 Å². The van der Waals surface area contributed by atoms with Crippen molar-refractivity contribution in [2.75, 3.05) is 24.7 Å². The maximum atomic E-state index is 10.7. The summed E-state index contributed by atoms with van der Waals surface area (Å²) in [7, 11) is 0. The van der Waals surface area contributed by atoms with Crippen LogP contribution in [0.2, 0.25) is 0 Å². The van der Waals surface area contributed by atoms with Gasteiger partial charge in [0.15, 0.2) is 5.79 Å². The largest absolute Gasteiger partial charge is 0.389 e. The molecule has 0 bridgehead atoms. The van der Waals surface area contributed by atoms with Gasteiger partial charge < -0.3 is 14.6 Å². The molecule has 166 valence electrons. The summed E-state index contributed by atoms with van der Waals surface area (Å²) in [5.41, 5.74) is 0.109. The van der Waals surface area contributed by atoms with Crippen molar-refractivity contribution in [2.24, 2.45) is 23.2 Å². The molecule has 3 atom stereocenters. The zero-order valence-electron chi connectivity index (χ0n) is 18.3.